The topological polar surface area (TPSA) is 64.3 Å². The average molecular weight is 270 g/mol. The van der Waals surface area contributed by atoms with Gasteiger partial charge in [-0.3, -0.25) is 4.79 Å². The van der Waals surface area contributed by atoms with Gasteiger partial charge in [0, 0.05) is 17.4 Å². The van der Waals surface area contributed by atoms with Crippen LogP contribution in [0.1, 0.15) is 22.8 Å². The zero-order valence-corrected chi connectivity index (χ0v) is 11.6. The fourth-order valence-electron chi connectivity index (χ4n) is 1.91. The minimum atomic E-state index is -0.222. The highest BCUT2D eigenvalue weighted by Crippen LogP contribution is 2.21. The summed E-state index contributed by atoms with van der Waals surface area (Å²) in [7, 11) is 0. The Hall–Kier alpha value is -2.49. The number of rotatable bonds is 4. The van der Waals surface area contributed by atoms with Crippen molar-refractivity contribution < 1.29 is 9.53 Å². The molecule has 0 saturated carbocycles. The van der Waals surface area contributed by atoms with Gasteiger partial charge in [0.1, 0.15) is 5.75 Å². The first-order valence-corrected chi connectivity index (χ1v) is 6.51. The van der Waals surface area contributed by atoms with E-state index in [2.05, 4.69) is 5.32 Å². The largest absolute Gasteiger partial charge is 0.494 e. The summed E-state index contributed by atoms with van der Waals surface area (Å²) in [6, 6.07) is 12.7. The first-order chi connectivity index (χ1) is 9.61. The molecule has 0 radical (unpaired) electrons. The van der Waals surface area contributed by atoms with Gasteiger partial charge in [0.25, 0.3) is 5.91 Å². The van der Waals surface area contributed by atoms with Crippen LogP contribution in [0.25, 0.3) is 0 Å². The summed E-state index contributed by atoms with van der Waals surface area (Å²) in [6.07, 6.45) is 0. The molecule has 4 nitrogen and oxygen atoms in total. The van der Waals surface area contributed by atoms with E-state index in [1.807, 2.05) is 44.2 Å². The van der Waals surface area contributed by atoms with E-state index in [9.17, 15) is 4.79 Å². The predicted molar refractivity (Wildman–Crippen MR) is 81.2 cm³/mol. The third-order valence-electron chi connectivity index (χ3n) is 2.97. The number of anilines is 2. The van der Waals surface area contributed by atoms with Gasteiger partial charge in [0.15, 0.2) is 0 Å². The number of ether oxygens (including phenoxy) is 1. The second-order valence-corrected chi connectivity index (χ2v) is 4.45. The first-order valence-electron chi connectivity index (χ1n) is 6.51. The molecule has 0 aliphatic rings. The van der Waals surface area contributed by atoms with E-state index in [1.165, 1.54) is 0 Å². The van der Waals surface area contributed by atoms with Gasteiger partial charge < -0.3 is 15.8 Å². The molecule has 2 rings (SSSR count). The summed E-state index contributed by atoms with van der Waals surface area (Å²) in [5.74, 6) is 0.502. The van der Waals surface area contributed by atoms with Crippen molar-refractivity contribution in [1.82, 2.24) is 0 Å². The molecule has 1 amide bonds. The van der Waals surface area contributed by atoms with Crippen molar-refractivity contribution >= 4 is 17.3 Å². The molecule has 0 atom stereocenters. The number of para-hydroxylation sites is 1. The molecule has 0 aliphatic heterocycles. The Morgan fingerprint density at radius 1 is 1.25 bits per heavy atom. The van der Waals surface area contributed by atoms with E-state index in [0.717, 1.165) is 11.3 Å². The quantitative estimate of drug-likeness (QED) is 0.838. The lowest BCUT2D eigenvalue weighted by molar-refractivity contribution is 0.102. The van der Waals surface area contributed by atoms with E-state index in [1.54, 1.807) is 12.1 Å². The maximum atomic E-state index is 12.2. The summed E-state index contributed by atoms with van der Waals surface area (Å²) >= 11 is 0. The van der Waals surface area contributed by atoms with Crippen molar-refractivity contribution in [2.24, 2.45) is 0 Å². The number of benzene rings is 2. The van der Waals surface area contributed by atoms with Crippen LogP contribution in [0.5, 0.6) is 5.75 Å². The third-order valence-corrected chi connectivity index (χ3v) is 2.97. The number of nitrogen functional groups attached to an aromatic ring is 1. The van der Waals surface area contributed by atoms with Crippen molar-refractivity contribution in [2.75, 3.05) is 17.7 Å². The van der Waals surface area contributed by atoms with Crippen molar-refractivity contribution in [3.8, 4) is 5.75 Å². The zero-order valence-electron chi connectivity index (χ0n) is 11.6. The molecule has 0 saturated heterocycles. The monoisotopic (exact) mass is 270 g/mol. The minimum Gasteiger partial charge on any atom is -0.494 e. The van der Waals surface area contributed by atoms with Crippen molar-refractivity contribution in [3.63, 3.8) is 0 Å². The number of carbonyl (C=O) groups is 1. The van der Waals surface area contributed by atoms with E-state index in [-0.39, 0.29) is 5.91 Å². The van der Waals surface area contributed by atoms with Gasteiger partial charge in [-0.05, 0) is 37.6 Å². The molecule has 3 N–H and O–H groups in total. The summed E-state index contributed by atoms with van der Waals surface area (Å²) in [5, 5.41) is 2.83. The van der Waals surface area contributed by atoms with Crippen LogP contribution in [-0.2, 0) is 0 Å². The second-order valence-electron chi connectivity index (χ2n) is 4.45. The Bertz CT molecular complexity index is 624. The van der Waals surface area contributed by atoms with Crippen LogP contribution in [0.2, 0.25) is 0 Å². The maximum absolute atomic E-state index is 12.2. The summed E-state index contributed by atoms with van der Waals surface area (Å²) in [4.78, 5) is 12.2. The van der Waals surface area contributed by atoms with E-state index < -0.39 is 0 Å². The van der Waals surface area contributed by atoms with E-state index >= 15 is 0 Å². The zero-order chi connectivity index (χ0) is 14.5. The Balaban J connectivity index is 2.19. The number of amides is 1. The predicted octanol–water partition coefficient (Wildman–Crippen LogP) is 3.23. The van der Waals surface area contributed by atoms with Crippen molar-refractivity contribution in [2.45, 2.75) is 13.8 Å². The number of aryl methyl sites for hydroxylation is 1. The average Bonchev–Trinajstić information content (AvgIpc) is 2.42. The Morgan fingerprint density at radius 3 is 2.75 bits per heavy atom. The lowest BCUT2D eigenvalue weighted by Gasteiger charge is -2.10. The fourth-order valence-corrected chi connectivity index (χ4v) is 1.91. The first kappa shape index (κ1) is 13.9. The smallest absolute Gasteiger partial charge is 0.257 e. The summed E-state index contributed by atoms with van der Waals surface area (Å²) in [6.45, 7) is 4.38. The van der Waals surface area contributed by atoms with Crippen molar-refractivity contribution in [1.29, 1.82) is 0 Å². The van der Waals surface area contributed by atoms with E-state index in [4.69, 9.17) is 10.5 Å². The van der Waals surface area contributed by atoms with Crippen LogP contribution in [-0.4, -0.2) is 12.5 Å². The van der Waals surface area contributed by atoms with Gasteiger partial charge in [-0.2, -0.15) is 0 Å². The molecule has 0 unspecified atom stereocenters. The van der Waals surface area contributed by atoms with Gasteiger partial charge >= 0.3 is 0 Å². The third kappa shape index (κ3) is 3.09. The van der Waals surface area contributed by atoms with Gasteiger partial charge in [-0.25, -0.2) is 0 Å². The molecule has 20 heavy (non-hydrogen) atoms. The SMILES string of the molecule is CCOc1cccc(NC(=O)c2cccc(C)c2N)c1. The summed E-state index contributed by atoms with van der Waals surface area (Å²) in [5.41, 5.74) is 8.49. The number of hydrogen-bond acceptors (Lipinski definition) is 3. The molecule has 0 aliphatic carbocycles. The molecule has 104 valence electrons. The lowest BCUT2D eigenvalue weighted by atomic mass is 10.1. The maximum Gasteiger partial charge on any atom is 0.257 e. The number of hydrogen-bond donors (Lipinski definition) is 2. The Morgan fingerprint density at radius 2 is 2.00 bits per heavy atom. The fraction of sp³-hybridized carbons (Fsp3) is 0.188. The van der Waals surface area contributed by atoms with Crippen molar-refractivity contribution in [3.05, 3.63) is 53.6 Å². The molecule has 2 aromatic rings. The van der Waals surface area contributed by atoms with Gasteiger partial charge in [0.05, 0.1) is 12.2 Å². The molecular formula is C16H18N2O2. The number of carbonyl (C=O) groups excluding carboxylic acids is 1. The number of nitrogens with two attached hydrogens (primary N) is 1. The number of nitrogens with one attached hydrogen (secondary N) is 1. The molecule has 2 aromatic carbocycles. The van der Waals surface area contributed by atoms with Crippen LogP contribution in [0.4, 0.5) is 11.4 Å². The van der Waals surface area contributed by atoms with Crippen LogP contribution in [0.3, 0.4) is 0 Å². The lowest BCUT2D eigenvalue weighted by Crippen LogP contribution is -2.14. The molecule has 0 bridgehead atoms. The van der Waals surface area contributed by atoms with Gasteiger partial charge in [-0.15, -0.1) is 0 Å². The Kier molecular flexibility index (Phi) is 4.25. The highest BCUT2D eigenvalue weighted by atomic mass is 16.5. The molecule has 4 heteroatoms. The standard InChI is InChI=1S/C16H18N2O2/c1-3-20-13-8-5-7-12(10-13)18-16(19)14-9-4-6-11(2)15(14)17/h4-10H,3,17H2,1-2H3,(H,18,19). The molecule has 0 aromatic heterocycles. The highest BCUT2D eigenvalue weighted by Gasteiger charge is 2.11. The molecule has 0 spiro atoms. The molecular weight excluding hydrogens is 252 g/mol. The van der Waals surface area contributed by atoms with Crippen LogP contribution < -0.4 is 15.8 Å². The van der Waals surface area contributed by atoms with Gasteiger partial charge in [0.2, 0.25) is 0 Å². The normalized spacial score (nSPS) is 10.1. The van der Waals surface area contributed by atoms with Crippen LogP contribution in [0, 0.1) is 6.92 Å². The molecule has 0 fully saturated rings. The summed E-state index contributed by atoms with van der Waals surface area (Å²) < 4.78 is 5.40. The van der Waals surface area contributed by atoms with Crippen LogP contribution >= 0.6 is 0 Å². The van der Waals surface area contributed by atoms with Crippen LogP contribution in [0.15, 0.2) is 42.5 Å². The second kappa shape index (κ2) is 6.10. The van der Waals surface area contributed by atoms with E-state index in [0.29, 0.717) is 23.5 Å². The molecule has 0 heterocycles. The van der Waals surface area contributed by atoms with Gasteiger partial charge in [-0.1, -0.05) is 18.2 Å². The minimum absolute atomic E-state index is 0.222. The Labute approximate surface area is 118 Å². The highest BCUT2D eigenvalue weighted by molar-refractivity contribution is 6.08.